The van der Waals surface area contributed by atoms with Crippen LogP contribution in [-0.2, 0) is 5.41 Å². The van der Waals surface area contributed by atoms with Crippen LogP contribution in [0.5, 0.6) is 0 Å². The molecule has 1 aliphatic carbocycles. The van der Waals surface area contributed by atoms with E-state index in [0.717, 1.165) is 4.47 Å². The highest BCUT2D eigenvalue weighted by Crippen LogP contribution is 2.52. The molecule has 20 heavy (non-hydrogen) atoms. The van der Waals surface area contributed by atoms with Crippen LogP contribution in [-0.4, -0.2) is 0 Å². The molecule has 3 rings (SSSR count). The second-order valence-corrected chi connectivity index (χ2v) is 6.00. The van der Waals surface area contributed by atoms with Crippen LogP contribution >= 0.6 is 15.9 Å². The minimum atomic E-state index is -0.251. The molecule has 1 heteroatoms. The van der Waals surface area contributed by atoms with E-state index in [-0.39, 0.29) is 5.41 Å². The Morgan fingerprint density at radius 3 is 2.25 bits per heavy atom. The van der Waals surface area contributed by atoms with E-state index in [4.69, 9.17) is 12.8 Å². The number of hydrogen-bond donors (Lipinski definition) is 0. The summed E-state index contributed by atoms with van der Waals surface area (Å²) in [6.45, 7) is 0. The molecule has 0 nitrogen and oxygen atoms in total. The Kier molecular flexibility index (Phi) is 3.17. The van der Waals surface area contributed by atoms with Crippen LogP contribution in [0, 0.1) is 24.7 Å². The minimum Gasteiger partial charge on any atom is -0.120 e. The average Bonchev–Trinajstić information content (AvgIpc) is 2.71. The Hall–Kier alpha value is -1.96. The molecule has 0 heterocycles. The van der Waals surface area contributed by atoms with E-state index >= 15 is 0 Å². The van der Waals surface area contributed by atoms with Gasteiger partial charge in [0, 0.05) is 22.7 Å². The number of hydrogen-bond acceptors (Lipinski definition) is 0. The number of halogens is 1. The molecule has 2 aromatic carbocycles. The zero-order chi connectivity index (χ0) is 14.2. The van der Waals surface area contributed by atoms with Gasteiger partial charge in [0.2, 0.25) is 0 Å². The maximum absolute atomic E-state index is 5.65. The first-order chi connectivity index (χ1) is 9.73. The summed E-state index contributed by atoms with van der Waals surface area (Å²) in [5.74, 6) is 5.65. The first-order valence-corrected chi connectivity index (χ1v) is 7.29. The summed E-state index contributed by atoms with van der Waals surface area (Å²) in [7, 11) is 0. The fourth-order valence-corrected chi connectivity index (χ4v) is 3.58. The fraction of sp³-hybridized carbons (Fsp3) is 0.158. The third kappa shape index (κ3) is 1.71. The molecule has 0 spiro atoms. The van der Waals surface area contributed by atoms with E-state index in [1.54, 1.807) is 0 Å². The highest BCUT2D eigenvalue weighted by Gasteiger charge is 2.41. The molecule has 0 aliphatic heterocycles. The van der Waals surface area contributed by atoms with Gasteiger partial charge in [-0.2, -0.15) is 0 Å². The number of benzene rings is 2. The minimum absolute atomic E-state index is 0.251. The van der Waals surface area contributed by atoms with Gasteiger partial charge in [0.05, 0.1) is 0 Å². The molecule has 0 bridgehead atoms. The van der Waals surface area contributed by atoms with E-state index in [1.165, 1.54) is 22.3 Å². The SMILES string of the molecule is C#CCC1(CC#C)c2ccccc2-c2ccc(Br)cc21. The molecule has 0 atom stereocenters. The van der Waals surface area contributed by atoms with Gasteiger partial charge in [-0.25, -0.2) is 0 Å². The molecule has 1 aliphatic rings. The van der Waals surface area contributed by atoms with Gasteiger partial charge in [0.1, 0.15) is 0 Å². The predicted octanol–water partition coefficient (Wildman–Crippen LogP) is 4.76. The third-order valence-corrected chi connectivity index (χ3v) is 4.53. The zero-order valence-electron chi connectivity index (χ0n) is 11.0. The van der Waals surface area contributed by atoms with E-state index in [2.05, 4.69) is 70.2 Å². The summed E-state index contributed by atoms with van der Waals surface area (Å²) < 4.78 is 1.06. The monoisotopic (exact) mass is 320 g/mol. The molecule has 2 aromatic rings. The predicted molar refractivity (Wildman–Crippen MR) is 87.3 cm³/mol. The van der Waals surface area contributed by atoms with Crippen LogP contribution in [0.1, 0.15) is 24.0 Å². The maximum Gasteiger partial charge on any atom is 0.0433 e. The summed E-state index contributed by atoms with van der Waals surface area (Å²) in [5.41, 5.74) is 4.74. The Balaban J connectivity index is 2.37. The number of terminal acetylenes is 2. The van der Waals surface area contributed by atoms with Gasteiger partial charge >= 0.3 is 0 Å². The second-order valence-electron chi connectivity index (χ2n) is 5.08. The van der Waals surface area contributed by atoms with Crippen molar-refractivity contribution >= 4 is 15.9 Å². The first-order valence-electron chi connectivity index (χ1n) is 6.50. The van der Waals surface area contributed by atoms with E-state index < -0.39 is 0 Å². The van der Waals surface area contributed by atoms with Crippen molar-refractivity contribution in [3.8, 4) is 35.8 Å². The molecule has 0 N–H and O–H groups in total. The molecule has 0 radical (unpaired) electrons. The summed E-state index contributed by atoms with van der Waals surface area (Å²) >= 11 is 3.56. The van der Waals surface area contributed by atoms with E-state index in [0.29, 0.717) is 12.8 Å². The summed E-state index contributed by atoms with van der Waals surface area (Å²) in [5, 5.41) is 0. The van der Waals surface area contributed by atoms with Gasteiger partial charge in [-0.05, 0) is 34.4 Å². The van der Waals surface area contributed by atoms with Crippen LogP contribution in [0.3, 0.4) is 0 Å². The lowest BCUT2D eigenvalue weighted by Gasteiger charge is -2.28. The van der Waals surface area contributed by atoms with Crippen molar-refractivity contribution in [2.45, 2.75) is 18.3 Å². The van der Waals surface area contributed by atoms with Crippen LogP contribution in [0.15, 0.2) is 46.9 Å². The van der Waals surface area contributed by atoms with Crippen molar-refractivity contribution in [3.05, 3.63) is 58.1 Å². The van der Waals surface area contributed by atoms with Crippen molar-refractivity contribution < 1.29 is 0 Å². The first kappa shape index (κ1) is 13.0. The van der Waals surface area contributed by atoms with E-state index in [9.17, 15) is 0 Å². The van der Waals surface area contributed by atoms with Crippen LogP contribution in [0.4, 0.5) is 0 Å². The van der Waals surface area contributed by atoms with Crippen LogP contribution < -0.4 is 0 Å². The van der Waals surface area contributed by atoms with Gasteiger partial charge in [0.15, 0.2) is 0 Å². The molecule has 0 amide bonds. The topological polar surface area (TPSA) is 0 Å². The van der Waals surface area contributed by atoms with Gasteiger partial charge in [0.25, 0.3) is 0 Å². The summed E-state index contributed by atoms with van der Waals surface area (Å²) in [4.78, 5) is 0. The van der Waals surface area contributed by atoms with Gasteiger partial charge in [-0.15, -0.1) is 24.7 Å². The molecule has 0 unspecified atom stereocenters. The molecule has 0 fully saturated rings. The number of fused-ring (bicyclic) bond motifs is 3. The normalized spacial score (nSPS) is 13.9. The highest BCUT2D eigenvalue weighted by molar-refractivity contribution is 9.10. The summed E-state index contributed by atoms with van der Waals surface area (Å²) in [6, 6.07) is 14.8. The molecular weight excluding hydrogens is 308 g/mol. The van der Waals surface area contributed by atoms with Crippen LogP contribution in [0.2, 0.25) is 0 Å². The van der Waals surface area contributed by atoms with Crippen molar-refractivity contribution in [2.24, 2.45) is 0 Å². The zero-order valence-corrected chi connectivity index (χ0v) is 12.6. The molecule has 0 saturated heterocycles. The lowest BCUT2D eigenvalue weighted by atomic mass is 9.73. The van der Waals surface area contributed by atoms with Gasteiger partial charge in [-0.3, -0.25) is 0 Å². The van der Waals surface area contributed by atoms with Crippen molar-refractivity contribution in [3.63, 3.8) is 0 Å². The standard InChI is InChI=1S/C19H13Br/c1-3-11-19(12-4-2)17-8-6-5-7-15(17)16-10-9-14(20)13-18(16)19/h1-2,5-10,13H,11-12H2. The van der Waals surface area contributed by atoms with Gasteiger partial charge < -0.3 is 0 Å². The van der Waals surface area contributed by atoms with E-state index in [1.807, 2.05) is 0 Å². The van der Waals surface area contributed by atoms with Crippen molar-refractivity contribution in [1.29, 1.82) is 0 Å². The average molecular weight is 321 g/mol. The van der Waals surface area contributed by atoms with Crippen LogP contribution in [0.25, 0.3) is 11.1 Å². The molecular formula is C19H13Br. The molecule has 0 saturated carbocycles. The summed E-state index contributed by atoms with van der Waals surface area (Å²) in [6.07, 6.45) is 12.5. The number of rotatable bonds is 2. The largest absolute Gasteiger partial charge is 0.120 e. The smallest absolute Gasteiger partial charge is 0.0433 e. The quantitative estimate of drug-likeness (QED) is 0.700. The molecule has 0 aromatic heterocycles. The van der Waals surface area contributed by atoms with Crippen molar-refractivity contribution in [1.82, 2.24) is 0 Å². The lowest BCUT2D eigenvalue weighted by Crippen LogP contribution is -2.24. The lowest BCUT2D eigenvalue weighted by molar-refractivity contribution is 0.560. The third-order valence-electron chi connectivity index (χ3n) is 4.04. The van der Waals surface area contributed by atoms with Crippen molar-refractivity contribution in [2.75, 3.05) is 0 Å². The molecule has 96 valence electrons. The Bertz CT molecular complexity index is 740. The van der Waals surface area contributed by atoms with Gasteiger partial charge in [-0.1, -0.05) is 46.3 Å². The Labute approximate surface area is 128 Å². The Morgan fingerprint density at radius 1 is 0.900 bits per heavy atom. The highest BCUT2D eigenvalue weighted by atomic mass is 79.9. The second kappa shape index (κ2) is 4.86. The fourth-order valence-electron chi connectivity index (χ4n) is 3.22. The maximum atomic E-state index is 5.65. The Morgan fingerprint density at radius 2 is 1.55 bits per heavy atom.